The van der Waals surface area contributed by atoms with E-state index in [1.54, 1.807) is 0 Å². The summed E-state index contributed by atoms with van der Waals surface area (Å²) in [7, 11) is 0. The molecule has 0 aliphatic rings. The van der Waals surface area contributed by atoms with E-state index in [0.717, 1.165) is 6.20 Å². The second kappa shape index (κ2) is 4.63. The molecule has 0 bridgehead atoms. The van der Waals surface area contributed by atoms with Crippen LogP contribution in [0.3, 0.4) is 0 Å². The van der Waals surface area contributed by atoms with Crippen molar-refractivity contribution in [3.05, 3.63) is 57.7 Å². The van der Waals surface area contributed by atoms with Crippen LogP contribution < -0.4 is 0 Å². The fourth-order valence-electron chi connectivity index (χ4n) is 1.51. The molecule has 0 saturated heterocycles. The zero-order chi connectivity index (χ0) is 13.1. The van der Waals surface area contributed by atoms with E-state index in [1.807, 2.05) is 6.07 Å². The normalized spacial score (nSPS) is 10.0. The van der Waals surface area contributed by atoms with Gasteiger partial charge in [-0.3, -0.25) is 14.8 Å². The van der Waals surface area contributed by atoms with E-state index in [9.17, 15) is 14.5 Å². The van der Waals surface area contributed by atoms with Gasteiger partial charge in [-0.25, -0.2) is 4.39 Å². The molecule has 2 rings (SSSR count). The summed E-state index contributed by atoms with van der Waals surface area (Å²) in [6, 6.07) is 5.70. The number of hydrogen-bond donors (Lipinski definition) is 0. The molecule has 1 heterocycles. The van der Waals surface area contributed by atoms with Crippen molar-refractivity contribution in [2.75, 3.05) is 0 Å². The number of halogens is 1. The Balaban J connectivity index is 2.30. The van der Waals surface area contributed by atoms with E-state index >= 15 is 0 Å². The van der Waals surface area contributed by atoms with E-state index in [1.165, 1.54) is 29.1 Å². The third kappa shape index (κ3) is 2.32. The van der Waals surface area contributed by atoms with Gasteiger partial charge in [0.25, 0.3) is 0 Å². The van der Waals surface area contributed by atoms with Crippen molar-refractivity contribution >= 4 is 5.69 Å². The van der Waals surface area contributed by atoms with Gasteiger partial charge < -0.3 is 0 Å². The fourth-order valence-corrected chi connectivity index (χ4v) is 1.51. The molecular formula is C11H7FN4O2. The maximum atomic E-state index is 13.1. The van der Waals surface area contributed by atoms with Crippen LogP contribution in [0.25, 0.3) is 0 Å². The summed E-state index contributed by atoms with van der Waals surface area (Å²) in [4.78, 5) is 9.91. The van der Waals surface area contributed by atoms with Crippen LogP contribution in [0.5, 0.6) is 0 Å². The standard InChI is InChI=1S/C11H7FN4O2/c12-10-2-1-8(4-13)9(3-10)6-15-7-11(5-14-15)16(17)18/h1-3,5,7H,6H2. The SMILES string of the molecule is N#Cc1ccc(F)cc1Cn1cc([N+](=O)[O-])cn1. The van der Waals surface area contributed by atoms with Crippen molar-refractivity contribution in [1.29, 1.82) is 5.26 Å². The predicted molar refractivity (Wildman–Crippen MR) is 59.1 cm³/mol. The molecule has 0 saturated carbocycles. The Labute approximate surface area is 101 Å². The number of nitriles is 1. The van der Waals surface area contributed by atoms with Gasteiger partial charge in [0, 0.05) is 0 Å². The third-order valence-corrected chi connectivity index (χ3v) is 2.35. The maximum absolute atomic E-state index is 13.1. The average Bonchev–Trinajstić information content (AvgIpc) is 2.78. The van der Waals surface area contributed by atoms with Gasteiger partial charge in [0.2, 0.25) is 0 Å². The van der Waals surface area contributed by atoms with E-state index in [2.05, 4.69) is 5.10 Å². The zero-order valence-corrected chi connectivity index (χ0v) is 9.08. The fraction of sp³-hybridized carbons (Fsp3) is 0.0909. The van der Waals surface area contributed by atoms with Crippen molar-refractivity contribution in [2.45, 2.75) is 6.54 Å². The second-order valence-electron chi connectivity index (χ2n) is 3.57. The number of nitro groups is 1. The Morgan fingerprint density at radius 2 is 2.33 bits per heavy atom. The molecule has 6 nitrogen and oxygen atoms in total. The summed E-state index contributed by atoms with van der Waals surface area (Å²) in [5.74, 6) is -0.467. The highest BCUT2D eigenvalue weighted by molar-refractivity contribution is 5.38. The van der Waals surface area contributed by atoms with Gasteiger partial charge in [-0.15, -0.1) is 0 Å². The molecule has 1 aromatic heterocycles. The number of hydrogen-bond acceptors (Lipinski definition) is 4. The Morgan fingerprint density at radius 1 is 1.56 bits per heavy atom. The van der Waals surface area contributed by atoms with Crippen molar-refractivity contribution in [2.24, 2.45) is 0 Å². The first kappa shape index (κ1) is 11.7. The number of aromatic nitrogens is 2. The summed E-state index contributed by atoms with van der Waals surface area (Å²) >= 11 is 0. The highest BCUT2D eigenvalue weighted by atomic mass is 19.1. The molecule has 18 heavy (non-hydrogen) atoms. The Bertz CT molecular complexity index is 645. The Morgan fingerprint density at radius 3 is 2.94 bits per heavy atom. The summed E-state index contributed by atoms with van der Waals surface area (Å²) in [6.07, 6.45) is 2.33. The van der Waals surface area contributed by atoms with Crippen molar-refractivity contribution in [3.63, 3.8) is 0 Å². The van der Waals surface area contributed by atoms with Crippen LogP contribution >= 0.6 is 0 Å². The van der Waals surface area contributed by atoms with Crippen LogP contribution in [0.4, 0.5) is 10.1 Å². The number of benzene rings is 1. The first-order valence-corrected chi connectivity index (χ1v) is 4.95. The van der Waals surface area contributed by atoms with Gasteiger partial charge in [0.05, 0.1) is 23.1 Å². The van der Waals surface area contributed by atoms with Crippen molar-refractivity contribution in [1.82, 2.24) is 9.78 Å². The van der Waals surface area contributed by atoms with Gasteiger partial charge in [-0.05, 0) is 23.8 Å². The largest absolute Gasteiger partial charge is 0.307 e. The van der Waals surface area contributed by atoms with Crippen LogP contribution in [0, 0.1) is 27.3 Å². The predicted octanol–water partition coefficient (Wildman–Crippen LogP) is 1.85. The quantitative estimate of drug-likeness (QED) is 0.611. The lowest BCUT2D eigenvalue weighted by Gasteiger charge is -2.03. The van der Waals surface area contributed by atoms with Gasteiger partial charge >= 0.3 is 5.69 Å². The minimum absolute atomic E-state index is 0.106. The van der Waals surface area contributed by atoms with E-state index in [-0.39, 0.29) is 12.2 Å². The molecule has 90 valence electrons. The smallest absolute Gasteiger partial charge is 0.261 e. The molecular weight excluding hydrogens is 239 g/mol. The molecule has 1 aromatic carbocycles. The first-order valence-electron chi connectivity index (χ1n) is 4.95. The van der Waals surface area contributed by atoms with Gasteiger partial charge in [0.1, 0.15) is 18.2 Å². The Kier molecular flexibility index (Phi) is 3.02. The van der Waals surface area contributed by atoms with E-state index in [4.69, 9.17) is 5.26 Å². The van der Waals surface area contributed by atoms with Crippen molar-refractivity contribution < 1.29 is 9.31 Å². The molecule has 7 heteroatoms. The molecule has 0 N–H and O–H groups in total. The van der Waals surface area contributed by atoms with E-state index in [0.29, 0.717) is 11.1 Å². The molecule has 0 amide bonds. The van der Waals surface area contributed by atoms with Gasteiger partial charge in [-0.1, -0.05) is 0 Å². The average molecular weight is 246 g/mol. The summed E-state index contributed by atoms with van der Waals surface area (Å²) in [6.45, 7) is 0.106. The summed E-state index contributed by atoms with van der Waals surface area (Å²) in [5.41, 5.74) is 0.593. The monoisotopic (exact) mass is 246 g/mol. The summed E-state index contributed by atoms with van der Waals surface area (Å²) < 4.78 is 14.4. The molecule has 0 aliphatic carbocycles. The lowest BCUT2D eigenvalue weighted by atomic mass is 10.1. The van der Waals surface area contributed by atoms with Crippen LogP contribution in [0.15, 0.2) is 30.6 Å². The molecule has 0 unspecified atom stereocenters. The highest BCUT2D eigenvalue weighted by Crippen LogP contribution is 2.14. The topological polar surface area (TPSA) is 84.8 Å². The third-order valence-electron chi connectivity index (χ3n) is 2.35. The molecule has 2 aromatic rings. The lowest BCUT2D eigenvalue weighted by Crippen LogP contribution is -2.02. The van der Waals surface area contributed by atoms with Crippen molar-refractivity contribution in [3.8, 4) is 6.07 Å². The minimum atomic E-state index is -0.569. The minimum Gasteiger partial charge on any atom is -0.261 e. The number of rotatable bonds is 3. The molecule has 0 aliphatic heterocycles. The second-order valence-corrected chi connectivity index (χ2v) is 3.57. The Hall–Kier alpha value is -2.75. The highest BCUT2D eigenvalue weighted by Gasteiger charge is 2.10. The van der Waals surface area contributed by atoms with Gasteiger partial charge in [0.15, 0.2) is 0 Å². The zero-order valence-electron chi connectivity index (χ0n) is 9.08. The van der Waals surface area contributed by atoms with Crippen LogP contribution in [-0.4, -0.2) is 14.7 Å². The van der Waals surface area contributed by atoms with Crippen LogP contribution in [0.1, 0.15) is 11.1 Å². The molecule has 0 spiro atoms. The van der Waals surface area contributed by atoms with Crippen LogP contribution in [-0.2, 0) is 6.54 Å². The molecule has 0 atom stereocenters. The van der Waals surface area contributed by atoms with Crippen LogP contribution in [0.2, 0.25) is 0 Å². The number of nitrogens with zero attached hydrogens (tertiary/aromatic N) is 4. The molecule has 0 fully saturated rings. The maximum Gasteiger partial charge on any atom is 0.307 e. The van der Waals surface area contributed by atoms with Gasteiger partial charge in [-0.2, -0.15) is 10.4 Å². The molecule has 0 radical (unpaired) electrons. The van der Waals surface area contributed by atoms with E-state index < -0.39 is 10.7 Å². The summed E-state index contributed by atoms with van der Waals surface area (Å²) in [5, 5.41) is 23.1. The lowest BCUT2D eigenvalue weighted by molar-refractivity contribution is -0.385. The first-order chi connectivity index (χ1) is 8.60.